The van der Waals surface area contributed by atoms with Crippen molar-refractivity contribution in [1.29, 1.82) is 0 Å². The Balaban J connectivity index is 1.73. The largest absolute Gasteiger partial charge is 0.506 e. The second-order valence-electron chi connectivity index (χ2n) is 25.7. The third-order valence-electron chi connectivity index (χ3n) is 15.7. The maximum absolute atomic E-state index is 14.3. The van der Waals surface area contributed by atoms with Gasteiger partial charge in [0.1, 0.15) is 28.5 Å². The van der Waals surface area contributed by atoms with Crippen LogP contribution in [0.4, 0.5) is 5.69 Å². The standard InChI is InChI=1S/C63H98N10O15S/c1-17-38(4)54(69-60(86)63(12,13)71(14)15)58(83)72(16)46(37(2)3)35-48(88-40(6)74)57-68-45(36-89-57)56(82)65-42(32-39(5)59(84)85)33-41-22-24-47(75)44(34-41)67-49(76)20-18-29-64-55(81)43(66-50(77)21-19-30-73-52(79)26-27-53(73)80)23-25-51(78)70-62(10,11)28-31-87-61(7,8)9/h22,24,26-27,34,36-39,42-43,46,48,54,75H,17-21,23,25,28-33,35H2,1-16H3,(H,64,81)(H,65,82)(H,66,77)(H,67,76)(H,69,86)(H,70,78)(H,84,85)/t38-,39-,42+,43-,46?,48+,54+/m0/s1. The first-order chi connectivity index (χ1) is 41.3. The highest BCUT2D eigenvalue weighted by Gasteiger charge is 2.39. The second-order valence-corrected chi connectivity index (χ2v) is 26.6. The number of rotatable bonds is 37. The fourth-order valence-electron chi connectivity index (χ4n) is 9.47. The van der Waals surface area contributed by atoms with E-state index in [-0.39, 0.29) is 128 Å². The zero-order chi connectivity index (χ0) is 67.3. The number of aliphatic carboxylic acids is 1. The molecule has 2 heterocycles. The molecule has 3 rings (SSSR count). The van der Waals surface area contributed by atoms with Crippen molar-refractivity contribution in [2.24, 2.45) is 17.8 Å². The summed E-state index contributed by atoms with van der Waals surface area (Å²) in [4.78, 5) is 153. The van der Waals surface area contributed by atoms with Crippen LogP contribution >= 0.6 is 11.3 Å². The van der Waals surface area contributed by atoms with Crippen molar-refractivity contribution < 1.29 is 72.4 Å². The Morgan fingerprint density at radius 2 is 1.46 bits per heavy atom. The summed E-state index contributed by atoms with van der Waals surface area (Å²) in [6.07, 6.45) is 2.30. The molecule has 1 aromatic heterocycles. The lowest BCUT2D eigenvalue weighted by Gasteiger charge is -2.38. The summed E-state index contributed by atoms with van der Waals surface area (Å²) in [6, 6.07) is 1.03. The molecule has 8 N–H and O–H groups in total. The molecule has 1 aliphatic rings. The molecular weight excluding hydrogens is 1170 g/mol. The molecule has 0 saturated carbocycles. The maximum Gasteiger partial charge on any atom is 0.306 e. The average molecular weight is 1270 g/mol. The first kappa shape index (κ1) is 75.9. The molecule has 25 nitrogen and oxygen atoms in total. The number of aromatic nitrogens is 1. The fraction of sp³-hybridized carbons (Fsp3) is 0.651. The van der Waals surface area contributed by atoms with Gasteiger partial charge in [-0.05, 0) is 131 Å². The predicted molar refractivity (Wildman–Crippen MR) is 336 cm³/mol. The Labute approximate surface area is 528 Å². The van der Waals surface area contributed by atoms with Crippen molar-refractivity contribution in [2.45, 2.75) is 208 Å². The van der Waals surface area contributed by atoms with Crippen LogP contribution in [0.25, 0.3) is 0 Å². The summed E-state index contributed by atoms with van der Waals surface area (Å²) in [6.45, 7) is 23.8. The number of nitrogens with one attached hydrogen (secondary N) is 6. The van der Waals surface area contributed by atoms with Gasteiger partial charge >= 0.3 is 11.9 Å². The molecule has 0 bridgehead atoms. The molecule has 7 atom stereocenters. The molecule has 2 aromatic rings. The van der Waals surface area contributed by atoms with Crippen LogP contribution in [-0.2, 0) is 63.8 Å². The molecule has 1 aromatic carbocycles. The maximum atomic E-state index is 14.3. The Hall–Kier alpha value is -7.32. The zero-order valence-corrected chi connectivity index (χ0v) is 55.7. The van der Waals surface area contributed by atoms with Gasteiger partial charge in [0.05, 0.1) is 22.7 Å². The van der Waals surface area contributed by atoms with E-state index in [9.17, 15) is 63.0 Å². The molecule has 1 unspecified atom stereocenters. The van der Waals surface area contributed by atoms with Crippen LogP contribution in [0.3, 0.4) is 0 Å². The van der Waals surface area contributed by atoms with Crippen LogP contribution < -0.4 is 31.9 Å². The third-order valence-corrected chi connectivity index (χ3v) is 16.6. The van der Waals surface area contributed by atoms with Gasteiger partial charge in [0, 0.05) is 94.5 Å². The summed E-state index contributed by atoms with van der Waals surface area (Å²) >= 11 is 1.07. The van der Waals surface area contributed by atoms with Crippen molar-refractivity contribution in [3.05, 3.63) is 52.0 Å². The van der Waals surface area contributed by atoms with Gasteiger partial charge in [-0.3, -0.25) is 62.5 Å². The van der Waals surface area contributed by atoms with E-state index in [0.717, 1.165) is 28.4 Å². The number of esters is 1. The van der Waals surface area contributed by atoms with Gasteiger partial charge in [-0.2, -0.15) is 0 Å². The number of aromatic hydroxyl groups is 1. The van der Waals surface area contributed by atoms with Crippen LogP contribution in [0, 0.1) is 17.8 Å². The number of hydrogen-bond acceptors (Lipinski definition) is 17. The van der Waals surface area contributed by atoms with Gasteiger partial charge in [-0.25, -0.2) is 4.98 Å². The van der Waals surface area contributed by atoms with E-state index in [1.165, 1.54) is 31.4 Å². The second kappa shape index (κ2) is 34.6. The lowest BCUT2D eigenvalue weighted by molar-refractivity contribution is -0.149. The van der Waals surface area contributed by atoms with Crippen LogP contribution in [0.15, 0.2) is 35.7 Å². The van der Waals surface area contributed by atoms with Gasteiger partial charge < -0.3 is 56.5 Å². The third kappa shape index (κ3) is 25.2. The van der Waals surface area contributed by atoms with Crippen LogP contribution in [0.5, 0.6) is 5.75 Å². The van der Waals surface area contributed by atoms with E-state index in [1.807, 2.05) is 62.3 Å². The molecule has 0 radical (unpaired) electrons. The minimum atomic E-state index is -1.16. The predicted octanol–water partition coefficient (Wildman–Crippen LogP) is 5.55. The van der Waals surface area contributed by atoms with E-state index >= 15 is 0 Å². The summed E-state index contributed by atoms with van der Waals surface area (Å²) in [5, 5.41) is 39.4. The van der Waals surface area contributed by atoms with E-state index < -0.39 is 94.6 Å². The topological polar surface area (TPSA) is 341 Å². The Morgan fingerprint density at radius 3 is 2.04 bits per heavy atom. The number of benzene rings is 1. The van der Waals surface area contributed by atoms with E-state index in [4.69, 9.17) is 9.47 Å². The van der Waals surface area contributed by atoms with Gasteiger partial charge in [0.2, 0.25) is 35.4 Å². The Bertz CT molecular complexity index is 2830. The zero-order valence-electron chi connectivity index (χ0n) is 54.9. The van der Waals surface area contributed by atoms with Crippen molar-refractivity contribution in [2.75, 3.05) is 46.2 Å². The number of hydrogen-bond donors (Lipinski definition) is 8. The van der Waals surface area contributed by atoms with Gasteiger partial charge in [-0.15, -0.1) is 11.3 Å². The molecular formula is C63H98N10O15S. The monoisotopic (exact) mass is 1270 g/mol. The highest BCUT2D eigenvalue weighted by Crippen LogP contribution is 2.32. The van der Waals surface area contributed by atoms with Gasteiger partial charge in [0.15, 0.2) is 6.10 Å². The molecule has 0 spiro atoms. The number of carboxylic acids is 1. The molecule has 26 heteroatoms. The molecule has 9 amide bonds. The quantitative estimate of drug-likeness (QED) is 0.0178. The number of imide groups is 1. The SMILES string of the molecule is CC[C@H](C)[C@@H](NC(=O)C(C)(C)N(C)C)C(=O)N(C)C(C[C@@H](OC(C)=O)c1nc(C(=O)N[C@@H](Cc2ccc(O)c(NC(=O)CCCNC(=O)[C@H](CCC(=O)NC(C)(C)CCOC(C)(C)C)NC(=O)CCCN3C(=O)C=CC3=O)c2)C[C@H](C)C(=O)O)cs1)C(C)C. The molecule has 89 heavy (non-hydrogen) atoms. The number of likely N-dealkylation sites (N-methyl/N-ethyl adjacent to an activating group) is 2. The number of carboxylic acid groups (broad SMARTS) is 1. The van der Waals surface area contributed by atoms with Crippen molar-refractivity contribution in [3.8, 4) is 5.75 Å². The van der Waals surface area contributed by atoms with E-state index in [1.54, 1.807) is 50.9 Å². The minimum Gasteiger partial charge on any atom is -0.506 e. The summed E-state index contributed by atoms with van der Waals surface area (Å²) in [5.41, 5.74) is -1.44. The number of carbonyl (C=O) groups is 11. The summed E-state index contributed by atoms with van der Waals surface area (Å²) < 4.78 is 11.6. The summed E-state index contributed by atoms with van der Waals surface area (Å²) in [5.74, 6) is -7.66. The number of amides is 9. The number of phenolic OH excluding ortho intramolecular Hbond substituents is 1. The van der Waals surface area contributed by atoms with Crippen molar-refractivity contribution >= 4 is 82.1 Å². The lowest BCUT2D eigenvalue weighted by atomic mass is 9.92. The van der Waals surface area contributed by atoms with Crippen molar-refractivity contribution in [3.63, 3.8) is 0 Å². The molecule has 0 saturated heterocycles. The Morgan fingerprint density at radius 1 is 0.820 bits per heavy atom. The molecule has 0 fully saturated rings. The molecule has 0 aliphatic carbocycles. The number of phenols is 1. The number of ether oxygens (including phenoxy) is 2. The average Bonchev–Trinajstić information content (AvgIpc) is 2.25. The number of nitrogens with zero attached hydrogens (tertiary/aromatic N) is 4. The normalized spacial score (nSPS) is 15.1. The lowest BCUT2D eigenvalue weighted by Crippen LogP contribution is -2.60. The Kier molecular flexibility index (Phi) is 29.5. The number of anilines is 1. The van der Waals surface area contributed by atoms with E-state index in [2.05, 4.69) is 36.9 Å². The van der Waals surface area contributed by atoms with Gasteiger partial charge in [-0.1, -0.05) is 47.1 Å². The number of thiazole rings is 1. The number of carbonyl (C=O) groups excluding carboxylic acids is 10. The smallest absolute Gasteiger partial charge is 0.306 e. The molecule has 1 aliphatic heterocycles. The highest BCUT2D eigenvalue weighted by molar-refractivity contribution is 7.09. The van der Waals surface area contributed by atoms with Crippen molar-refractivity contribution in [1.82, 2.24) is 46.3 Å². The first-order valence-corrected chi connectivity index (χ1v) is 31.3. The highest BCUT2D eigenvalue weighted by atomic mass is 32.1. The molecule has 496 valence electrons. The van der Waals surface area contributed by atoms with Crippen LogP contribution in [0.1, 0.15) is 181 Å². The fourth-order valence-corrected chi connectivity index (χ4v) is 10.3. The van der Waals surface area contributed by atoms with Crippen LogP contribution in [-0.4, -0.2) is 177 Å². The minimum absolute atomic E-state index is 0.00692. The van der Waals surface area contributed by atoms with Crippen LogP contribution in [0.2, 0.25) is 0 Å². The first-order valence-electron chi connectivity index (χ1n) is 30.4. The van der Waals surface area contributed by atoms with Gasteiger partial charge in [0.25, 0.3) is 17.7 Å². The van der Waals surface area contributed by atoms with E-state index in [0.29, 0.717) is 25.0 Å². The summed E-state index contributed by atoms with van der Waals surface area (Å²) in [7, 11) is 5.21.